The Morgan fingerprint density at radius 1 is 1.65 bits per heavy atom. The van der Waals surface area contributed by atoms with Crippen LogP contribution in [0.1, 0.15) is 18.7 Å². The van der Waals surface area contributed by atoms with E-state index in [1.54, 1.807) is 17.5 Å². The number of ether oxygens (including phenoxy) is 1. The molecule has 5 nitrogen and oxygen atoms in total. The van der Waals surface area contributed by atoms with Crippen LogP contribution in [0.2, 0.25) is 0 Å². The molecule has 1 aliphatic heterocycles. The fourth-order valence-electron chi connectivity index (χ4n) is 2.51. The largest absolute Gasteiger partial charge is 0.468 e. The molecule has 2 aromatic heterocycles. The highest BCUT2D eigenvalue weighted by molar-refractivity contribution is 7.13. The zero-order valence-electron chi connectivity index (χ0n) is 11.2. The van der Waals surface area contributed by atoms with Crippen molar-refractivity contribution >= 4 is 17.3 Å². The third-order valence-corrected chi connectivity index (χ3v) is 4.38. The summed E-state index contributed by atoms with van der Waals surface area (Å²) in [5.41, 5.74) is 0. The summed E-state index contributed by atoms with van der Waals surface area (Å²) in [6, 6.07) is 3.81. The van der Waals surface area contributed by atoms with Crippen molar-refractivity contribution in [1.82, 2.24) is 9.88 Å². The number of hydrogen-bond donors (Lipinski definition) is 0. The molecule has 3 heterocycles. The van der Waals surface area contributed by atoms with Crippen LogP contribution in [-0.2, 0) is 16.1 Å². The molecule has 20 heavy (non-hydrogen) atoms. The van der Waals surface area contributed by atoms with Crippen molar-refractivity contribution in [3.63, 3.8) is 0 Å². The molecule has 0 aliphatic carbocycles. The van der Waals surface area contributed by atoms with Gasteiger partial charge in [-0.05, 0) is 30.8 Å². The summed E-state index contributed by atoms with van der Waals surface area (Å²) in [5, 5.41) is 2.01. The third-order valence-electron chi connectivity index (χ3n) is 3.49. The fraction of sp³-hybridized carbons (Fsp3) is 0.429. The number of hydrogen-bond acceptors (Lipinski definition) is 6. The molecule has 0 radical (unpaired) electrons. The molecule has 0 N–H and O–H groups in total. The highest BCUT2D eigenvalue weighted by atomic mass is 32.1. The summed E-state index contributed by atoms with van der Waals surface area (Å²) in [5.74, 6) is 1.25. The van der Waals surface area contributed by atoms with Crippen molar-refractivity contribution in [1.29, 1.82) is 0 Å². The summed E-state index contributed by atoms with van der Waals surface area (Å²) < 4.78 is 10.6. The van der Waals surface area contributed by atoms with Crippen molar-refractivity contribution in [3.05, 3.63) is 29.6 Å². The van der Waals surface area contributed by atoms with Gasteiger partial charge < -0.3 is 9.15 Å². The molecule has 0 saturated carbocycles. The molecule has 0 spiro atoms. The van der Waals surface area contributed by atoms with Crippen LogP contribution in [0.25, 0.3) is 10.6 Å². The van der Waals surface area contributed by atoms with Crippen LogP contribution in [0.15, 0.2) is 28.1 Å². The molecule has 106 valence electrons. The average molecular weight is 292 g/mol. The van der Waals surface area contributed by atoms with Crippen LogP contribution in [0.4, 0.5) is 0 Å². The lowest BCUT2D eigenvalue weighted by molar-refractivity contribution is -0.146. The van der Waals surface area contributed by atoms with Crippen LogP contribution in [-0.4, -0.2) is 35.5 Å². The Bertz CT molecular complexity index is 579. The number of methoxy groups -OCH3 is 1. The molecule has 0 aromatic carbocycles. The van der Waals surface area contributed by atoms with Crippen LogP contribution in [0, 0.1) is 0 Å². The van der Waals surface area contributed by atoms with E-state index in [4.69, 9.17) is 9.15 Å². The molecule has 3 rings (SSSR count). The highest BCUT2D eigenvalue weighted by Gasteiger charge is 2.32. The molecule has 1 aliphatic rings. The van der Waals surface area contributed by atoms with Gasteiger partial charge >= 0.3 is 5.97 Å². The normalized spacial score (nSPS) is 19.4. The topological polar surface area (TPSA) is 55.6 Å². The zero-order valence-corrected chi connectivity index (χ0v) is 12.1. The van der Waals surface area contributed by atoms with E-state index in [0.29, 0.717) is 12.4 Å². The van der Waals surface area contributed by atoms with Crippen molar-refractivity contribution in [2.75, 3.05) is 13.7 Å². The molecule has 0 unspecified atom stereocenters. The van der Waals surface area contributed by atoms with Crippen LogP contribution in [0.3, 0.4) is 0 Å². The van der Waals surface area contributed by atoms with Gasteiger partial charge in [0.15, 0.2) is 5.76 Å². The predicted molar refractivity (Wildman–Crippen MR) is 75.3 cm³/mol. The molecule has 2 aromatic rings. The number of thiophene rings is 1. The van der Waals surface area contributed by atoms with E-state index in [1.807, 2.05) is 17.5 Å². The summed E-state index contributed by atoms with van der Waals surface area (Å²) in [6.07, 6.45) is 3.58. The Balaban J connectivity index is 1.70. The third kappa shape index (κ3) is 2.62. The smallest absolute Gasteiger partial charge is 0.323 e. The fourth-order valence-corrected chi connectivity index (χ4v) is 3.18. The maximum Gasteiger partial charge on any atom is 0.323 e. The first kappa shape index (κ1) is 13.3. The van der Waals surface area contributed by atoms with Gasteiger partial charge in [0, 0.05) is 0 Å². The second-order valence-electron chi connectivity index (χ2n) is 4.75. The second kappa shape index (κ2) is 5.76. The van der Waals surface area contributed by atoms with Gasteiger partial charge in [0.05, 0.1) is 24.7 Å². The van der Waals surface area contributed by atoms with Gasteiger partial charge in [-0.3, -0.25) is 9.69 Å². The van der Waals surface area contributed by atoms with Crippen LogP contribution < -0.4 is 0 Å². The monoisotopic (exact) mass is 292 g/mol. The van der Waals surface area contributed by atoms with E-state index in [-0.39, 0.29) is 12.0 Å². The standard InChI is InChI=1S/C14H16N2O3S/c1-18-14(17)10-4-2-6-16(10)9-13-15-8-11(19-13)12-5-3-7-20-12/h3,5,7-8,10H,2,4,6,9H2,1H3/t10-/m0/s1. The number of nitrogens with zero attached hydrogens (tertiary/aromatic N) is 2. The molecule has 1 saturated heterocycles. The Hall–Kier alpha value is -1.66. The number of carbonyl (C=O) groups is 1. The SMILES string of the molecule is COC(=O)[C@@H]1CCCN1Cc1ncc(-c2cccs2)o1. The van der Waals surface area contributed by atoms with Crippen LogP contribution in [0.5, 0.6) is 0 Å². The molecule has 1 atom stereocenters. The Morgan fingerprint density at radius 2 is 2.55 bits per heavy atom. The number of rotatable bonds is 4. The van der Waals surface area contributed by atoms with E-state index in [1.165, 1.54) is 7.11 Å². The molecular formula is C14H16N2O3S. The first-order valence-corrected chi connectivity index (χ1v) is 7.46. The first-order chi connectivity index (χ1) is 9.78. The maximum atomic E-state index is 11.7. The van der Waals surface area contributed by atoms with E-state index < -0.39 is 0 Å². The van der Waals surface area contributed by atoms with Crippen molar-refractivity contribution in [2.45, 2.75) is 25.4 Å². The van der Waals surface area contributed by atoms with Gasteiger partial charge in [-0.1, -0.05) is 6.07 Å². The quantitative estimate of drug-likeness (QED) is 0.811. The van der Waals surface area contributed by atoms with E-state index in [9.17, 15) is 4.79 Å². The highest BCUT2D eigenvalue weighted by Crippen LogP contribution is 2.27. The average Bonchev–Trinajstić information content (AvgIpc) is 3.19. The lowest BCUT2D eigenvalue weighted by Gasteiger charge is -2.20. The predicted octanol–water partition coefficient (Wildman–Crippen LogP) is 2.54. The van der Waals surface area contributed by atoms with Gasteiger partial charge in [0.1, 0.15) is 6.04 Å². The molecule has 0 bridgehead atoms. The molecule has 1 fully saturated rings. The second-order valence-corrected chi connectivity index (χ2v) is 5.69. The summed E-state index contributed by atoms with van der Waals surface area (Å²) in [6.45, 7) is 1.42. The lowest BCUT2D eigenvalue weighted by Crippen LogP contribution is -2.36. The van der Waals surface area contributed by atoms with Crippen LogP contribution >= 0.6 is 11.3 Å². The van der Waals surface area contributed by atoms with Gasteiger partial charge in [0.25, 0.3) is 0 Å². The maximum absolute atomic E-state index is 11.7. The first-order valence-electron chi connectivity index (χ1n) is 6.58. The minimum atomic E-state index is -0.174. The number of esters is 1. The molecule has 0 amide bonds. The Labute approximate surface area is 121 Å². The van der Waals surface area contributed by atoms with Crippen molar-refractivity contribution in [3.8, 4) is 10.6 Å². The van der Waals surface area contributed by atoms with Crippen molar-refractivity contribution in [2.24, 2.45) is 0 Å². The Morgan fingerprint density at radius 3 is 3.30 bits per heavy atom. The van der Waals surface area contributed by atoms with Gasteiger partial charge in [-0.15, -0.1) is 11.3 Å². The van der Waals surface area contributed by atoms with Gasteiger partial charge in [0.2, 0.25) is 5.89 Å². The van der Waals surface area contributed by atoms with E-state index >= 15 is 0 Å². The number of carbonyl (C=O) groups excluding carboxylic acids is 1. The number of aromatic nitrogens is 1. The van der Waals surface area contributed by atoms with E-state index in [0.717, 1.165) is 30.0 Å². The number of likely N-dealkylation sites (tertiary alicyclic amines) is 1. The Kier molecular flexibility index (Phi) is 3.84. The summed E-state index contributed by atoms with van der Waals surface area (Å²) in [4.78, 5) is 19.1. The molecular weight excluding hydrogens is 276 g/mol. The minimum absolute atomic E-state index is 0.169. The summed E-state index contributed by atoms with van der Waals surface area (Å²) >= 11 is 1.62. The zero-order chi connectivity index (χ0) is 13.9. The lowest BCUT2D eigenvalue weighted by atomic mass is 10.2. The summed E-state index contributed by atoms with van der Waals surface area (Å²) in [7, 11) is 1.43. The minimum Gasteiger partial charge on any atom is -0.468 e. The molecule has 6 heteroatoms. The van der Waals surface area contributed by atoms with Gasteiger partial charge in [-0.25, -0.2) is 4.98 Å². The number of oxazole rings is 1. The van der Waals surface area contributed by atoms with Crippen molar-refractivity contribution < 1.29 is 13.9 Å². The van der Waals surface area contributed by atoms with Gasteiger partial charge in [-0.2, -0.15) is 0 Å². The van der Waals surface area contributed by atoms with E-state index in [2.05, 4.69) is 9.88 Å².